The second kappa shape index (κ2) is 4.25. The Kier molecular flexibility index (Phi) is 2.59. The van der Waals surface area contributed by atoms with Gasteiger partial charge in [0, 0.05) is 23.9 Å². The molecule has 0 N–H and O–H groups in total. The fraction of sp³-hybridized carbons (Fsp3) is 0.308. The summed E-state index contributed by atoms with van der Waals surface area (Å²) in [4.78, 5) is 17.6. The molecule has 2 aliphatic rings. The molecule has 0 atom stereocenters. The lowest BCUT2D eigenvalue weighted by atomic mass is 10.1. The zero-order chi connectivity index (χ0) is 12.5. The summed E-state index contributed by atoms with van der Waals surface area (Å²) in [5.41, 5.74) is 2.32. The van der Waals surface area contributed by atoms with Crippen molar-refractivity contribution in [2.45, 2.75) is 13.3 Å². The quantitative estimate of drug-likeness (QED) is 0.695. The van der Waals surface area contributed by atoms with E-state index in [2.05, 4.69) is 9.55 Å². The van der Waals surface area contributed by atoms with Crippen molar-refractivity contribution >= 4 is 11.8 Å². The van der Waals surface area contributed by atoms with Crippen molar-refractivity contribution in [1.29, 1.82) is 0 Å². The Labute approximate surface area is 105 Å². The zero-order valence-electron chi connectivity index (χ0n) is 10.2. The first-order chi connectivity index (χ1) is 8.79. The fourth-order valence-corrected chi connectivity index (χ4v) is 2.29. The van der Waals surface area contributed by atoms with Gasteiger partial charge in [-0.15, -0.1) is 0 Å². The van der Waals surface area contributed by atoms with Crippen molar-refractivity contribution in [2.75, 3.05) is 13.2 Å². The van der Waals surface area contributed by atoms with Crippen molar-refractivity contribution in [1.82, 2.24) is 9.88 Å². The van der Waals surface area contributed by atoms with Crippen molar-refractivity contribution in [3.05, 3.63) is 42.1 Å². The van der Waals surface area contributed by atoms with Gasteiger partial charge < -0.3 is 4.74 Å². The number of nitrogens with zero attached hydrogens (tertiary/aromatic N) is 3. The molecule has 3 rings (SSSR count). The molecular weight excluding hydrogens is 230 g/mol. The van der Waals surface area contributed by atoms with E-state index in [1.165, 1.54) is 5.57 Å². The maximum absolute atomic E-state index is 11.7. The van der Waals surface area contributed by atoms with Crippen LogP contribution in [-0.4, -0.2) is 29.1 Å². The Morgan fingerprint density at radius 3 is 3.33 bits per heavy atom. The number of allylic oxidation sites excluding steroid dienone is 2. The van der Waals surface area contributed by atoms with Crippen LogP contribution in [0.15, 0.2) is 36.3 Å². The van der Waals surface area contributed by atoms with Gasteiger partial charge in [0.2, 0.25) is 0 Å². The van der Waals surface area contributed by atoms with E-state index in [0.717, 1.165) is 17.9 Å². The van der Waals surface area contributed by atoms with Crippen molar-refractivity contribution in [3.63, 3.8) is 0 Å². The molecule has 0 bridgehead atoms. The molecular formula is C13H14N3O2+. The lowest BCUT2D eigenvalue weighted by Gasteiger charge is -2.20. The highest BCUT2D eigenvalue weighted by atomic mass is 16.6. The number of aromatic nitrogens is 2. The predicted octanol–water partition coefficient (Wildman–Crippen LogP) is 1.12. The average Bonchev–Trinajstić information content (AvgIpc) is 2.76. The molecule has 92 valence electrons. The van der Waals surface area contributed by atoms with Crippen molar-refractivity contribution in [2.24, 2.45) is 0 Å². The Bertz CT molecular complexity index is 563. The predicted molar refractivity (Wildman–Crippen MR) is 64.2 cm³/mol. The van der Waals surface area contributed by atoms with Gasteiger partial charge in [-0.05, 0) is 6.92 Å². The third-order valence-electron chi connectivity index (χ3n) is 3.09. The highest BCUT2D eigenvalue weighted by molar-refractivity contribution is 5.72. The van der Waals surface area contributed by atoms with Gasteiger partial charge in [0.05, 0.1) is 19.6 Å². The summed E-state index contributed by atoms with van der Waals surface area (Å²) >= 11 is 0. The summed E-state index contributed by atoms with van der Waals surface area (Å²) in [5.74, 6) is 1.01. The number of hydrogen-bond acceptors (Lipinski definition) is 3. The van der Waals surface area contributed by atoms with Gasteiger partial charge in [0.25, 0.3) is 0 Å². The summed E-state index contributed by atoms with van der Waals surface area (Å²) in [7, 11) is 0. The highest BCUT2D eigenvalue weighted by Gasteiger charge is 2.32. The van der Waals surface area contributed by atoms with Gasteiger partial charge in [0.1, 0.15) is 18.1 Å². The Hall–Kier alpha value is -2.17. The topological polar surface area (TPSA) is 46.3 Å². The molecule has 0 saturated heterocycles. The second-order valence-electron chi connectivity index (χ2n) is 4.21. The number of carbonyl (C=O) groups excluding carboxylic acids is 1. The minimum Gasteiger partial charge on any atom is -0.449 e. The van der Waals surface area contributed by atoms with Crippen LogP contribution in [0, 0.1) is 0 Å². The summed E-state index contributed by atoms with van der Waals surface area (Å²) in [6.07, 6.45) is 7.98. The first kappa shape index (κ1) is 11.0. The van der Waals surface area contributed by atoms with Gasteiger partial charge >= 0.3 is 11.9 Å². The van der Waals surface area contributed by atoms with Crippen LogP contribution in [0.2, 0.25) is 0 Å². The summed E-state index contributed by atoms with van der Waals surface area (Å²) in [5, 5.41) is 0. The van der Waals surface area contributed by atoms with Gasteiger partial charge in [-0.1, -0.05) is 4.98 Å². The molecule has 5 nitrogen and oxygen atoms in total. The van der Waals surface area contributed by atoms with Crippen molar-refractivity contribution < 1.29 is 14.1 Å². The van der Waals surface area contributed by atoms with E-state index >= 15 is 0 Å². The smallest absolute Gasteiger partial charge is 0.414 e. The highest BCUT2D eigenvalue weighted by Crippen LogP contribution is 2.23. The third kappa shape index (κ3) is 1.68. The molecule has 1 aromatic heterocycles. The number of hydrogen-bond donors (Lipinski definition) is 0. The molecule has 18 heavy (non-hydrogen) atoms. The number of rotatable bonds is 1. The van der Waals surface area contributed by atoms with Crippen LogP contribution < -0.4 is 4.57 Å². The fourth-order valence-electron chi connectivity index (χ4n) is 2.29. The summed E-state index contributed by atoms with van der Waals surface area (Å²) in [6, 6.07) is 1.91. The van der Waals surface area contributed by atoms with E-state index in [0.29, 0.717) is 13.2 Å². The van der Waals surface area contributed by atoms with Crippen LogP contribution in [0.3, 0.4) is 0 Å². The van der Waals surface area contributed by atoms with E-state index in [9.17, 15) is 4.79 Å². The van der Waals surface area contributed by atoms with Crippen LogP contribution in [0.5, 0.6) is 0 Å². The van der Waals surface area contributed by atoms with E-state index in [-0.39, 0.29) is 6.09 Å². The monoisotopic (exact) mass is 244 g/mol. The maximum atomic E-state index is 11.7. The molecule has 0 spiro atoms. The molecule has 1 amide bonds. The van der Waals surface area contributed by atoms with Crippen molar-refractivity contribution in [3.8, 4) is 0 Å². The van der Waals surface area contributed by atoms with Crippen LogP contribution in [0.25, 0.3) is 5.70 Å². The molecule has 0 radical (unpaired) electrons. The first-order valence-electron chi connectivity index (χ1n) is 5.99. The third-order valence-corrected chi connectivity index (χ3v) is 3.09. The van der Waals surface area contributed by atoms with Crippen LogP contribution in [0.4, 0.5) is 4.79 Å². The largest absolute Gasteiger partial charge is 0.449 e. The van der Waals surface area contributed by atoms with Gasteiger partial charge in [-0.3, -0.25) is 4.90 Å². The molecule has 0 fully saturated rings. The minimum absolute atomic E-state index is 0.297. The van der Waals surface area contributed by atoms with Crippen LogP contribution >= 0.6 is 0 Å². The SMILES string of the molecule is CCOC(=O)N1C=CC2=C(Cc3nccc[n+]32)C1. The molecule has 0 aromatic carbocycles. The maximum Gasteiger partial charge on any atom is 0.414 e. The molecule has 0 saturated carbocycles. The lowest BCUT2D eigenvalue weighted by molar-refractivity contribution is -0.585. The molecule has 0 aliphatic carbocycles. The van der Waals surface area contributed by atoms with Gasteiger partial charge in [-0.2, -0.15) is 4.57 Å². The van der Waals surface area contributed by atoms with Crippen LogP contribution in [-0.2, 0) is 11.2 Å². The van der Waals surface area contributed by atoms with E-state index in [4.69, 9.17) is 4.74 Å². The van der Waals surface area contributed by atoms with Crippen LogP contribution in [0.1, 0.15) is 12.7 Å². The molecule has 3 heterocycles. The Balaban J connectivity index is 1.83. The number of amides is 1. The van der Waals surface area contributed by atoms with E-state index in [1.807, 2.05) is 18.3 Å². The van der Waals surface area contributed by atoms with Gasteiger partial charge in [0.15, 0.2) is 0 Å². The second-order valence-corrected chi connectivity index (χ2v) is 4.21. The number of carbonyl (C=O) groups is 1. The minimum atomic E-state index is -0.297. The molecule has 0 unspecified atom stereocenters. The lowest BCUT2D eigenvalue weighted by Crippen LogP contribution is -2.35. The Morgan fingerprint density at radius 2 is 2.50 bits per heavy atom. The number of ether oxygens (including phenoxy) is 1. The standard InChI is InChI=1S/C13H14N3O2/c1-2-18-13(17)15-7-4-11-10(9-15)8-12-14-5-3-6-16(11)12/h3-7H,2,8-9H2,1H3/q+1. The van der Waals surface area contributed by atoms with Gasteiger partial charge in [-0.25, -0.2) is 4.79 Å². The first-order valence-corrected chi connectivity index (χ1v) is 5.99. The Morgan fingerprint density at radius 1 is 1.61 bits per heavy atom. The molecule has 1 aromatic rings. The average molecular weight is 244 g/mol. The number of fused-ring (bicyclic) bond motifs is 2. The van der Waals surface area contributed by atoms with E-state index < -0.39 is 0 Å². The van der Waals surface area contributed by atoms with E-state index in [1.54, 1.807) is 24.2 Å². The molecule has 5 heteroatoms. The molecule has 2 aliphatic heterocycles. The normalized spacial score (nSPS) is 16.6. The zero-order valence-corrected chi connectivity index (χ0v) is 10.2. The summed E-state index contributed by atoms with van der Waals surface area (Å²) in [6.45, 7) is 2.78. The summed E-state index contributed by atoms with van der Waals surface area (Å²) < 4.78 is 7.06.